The highest BCUT2D eigenvalue weighted by atomic mass is 16.5. The summed E-state index contributed by atoms with van der Waals surface area (Å²) in [5, 5.41) is 0. The van der Waals surface area contributed by atoms with Gasteiger partial charge in [0.2, 0.25) is 0 Å². The summed E-state index contributed by atoms with van der Waals surface area (Å²) in [5.74, 6) is 0. The van der Waals surface area contributed by atoms with Crippen LogP contribution in [0.15, 0.2) is 24.3 Å². The van der Waals surface area contributed by atoms with Gasteiger partial charge in [0.25, 0.3) is 0 Å². The maximum atomic E-state index is 6.26. The standard InChI is InChI=1S/C15H25NO/c1-6-17-11-15(5,16)13-9-7-12(8-10-13)14(2,3)4/h7-10H,6,11,16H2,1-5H3. The third-order valence-corrected chi connectivity index (χ3v) is 3.02. The third-order valence-electron chi connectivity index (χ3n) is 3.02. The van der Waals surface area contributed by atoms with Crippen molar-refractivity contribution in [2.75, 3.05) is 13.2 Å². The predicted molar refractivity (Wildman–Crippen MR) is 73.2 cm³/mol. The van der Waals surface area contributed by atoms with Crippen molar-refractivity contribution in [1.82, 2.24) is 0 Å². The van der Waals surface area contributed by atoms with Crippen molar-refractivity contribution in [2.45, 2.75) is 45.6 Å². The minimum absolute atomic E-state index is 0.184. The highest BCUT2D eigenvalue weighted by molar-refractivity contribution is 5.31. The Balaban J connectivity index is 2.87. The molecule has 0 spiro atoms. The number of nitrogens with two attached hydrogens (primary N) is 1. The molecule has 0 bridgehead atoms. The molecule has 1 aromatic carbocycles. The van der Waals surface area contributed by atoms with Crippen LogP contribution in [0.1, 0.15) is 45.7 Å². The molecule has 0 aliphatic carbocycles. The van der Waals surface area contributed by atoms with Crippen LogP contribution in [0.5, 0.6) is 0 Å². The summed E-state index contributed by atoms with van der Waals surface area (Å²) in [6.45, 7) is 11.9. The zero-order chi connectivity index (χ0) is 13.1. The lowest BCUT2D eigenvalue weighted by atomic mass is 9.84. The molecule has 0 aliphatic heterocycles. The topological polar surface area (TPSA) is 35.2 Å². The first-order chi connectivity index (χ1) is 7.77. The fraction of sp³-hybridized carbons (Fsp3) is 0.600. The first kappa shape index (κ1) is 14.2. The normalized spacial score (nSPS) is 15.6. The van der Waals surface area contributed by atoms with Crippen LogP contribution in [0.2, 0.25) is 0 Å². The average Bonchev–Trinajstić information content (AvgIpc) is 2.25. The minimum Gasteiger partial charge on any atom is -0.379 e. The first-order valence-corrected chi connectivity index (χ1v) is 6.25. The van der Waals surface area contributed by atoms with Gasteiger partial charge < -0.3 is 10.5 Å². The fourth-order valence-corrected chi connectivity index (χ4v) is 1.75. The van der Waals surface area contributed by atoms with E-state index >= 15 is 0 Å². The van der Waals surface area contributed by atoms with Crippen LogP contribution in [-0.4, -0.2) is 13.2 Å². The lowest BCUT2D eigenvalue weighted by Gasteiger charge is -2.26. The summed E-state index contributed by atoms with van der Waals surface area (Å²) in [6, 6.07) is 8.54. The second-order valence-electron chi connectivity index (χ2n) is 5.88. The molecule has 0 saturated carbocycles. The summed E-state index contributed by atoms with van der Waals surface area (Å²) in [7, 11) is 0. The minimum atomic E-state index is -0.410. The Morgan fingerprint density at radius 1 is 1.00 bits per heavy atom. The van der Waals surface area contributed by atoms with Crippen molar-refractivity contribution in [3.8, 4) is 0 Å². The van der Waals surface area contributed by atoms with Crippen LogP contribution in [0, 0.1) is 0 Å². The third kappa shape index (κ3) is 3.83. The molecular formula is C15H25NO. The predicted octanol–water partition coefficient (Wildman–Crippen LogP) is 3.19. The lowest BCUT2D eigenvalue weighted by Crippen LogP contribution is -2.38. The molecule has 0 aliphatic rings. The van der Waals surface area contributed by atoms with Crippen LogP contribution >= 0.6 is 0 Å². The highest BCUT2D eigenvalue weighted by Crippen LogP contribution is 2.25. The Bertz CT molecular complexity index is 346. The molecule has 0 aromatic heterocycles. The molecule has 96 valence electrons. The van der Waals surface area contributed by atoms with E-state index in [2.05, 4.69) is 45.0 Å². The van der Waals surface area contributed by atoms with E-state index in [4.69, 9.17) is 10.5 Å². The van der Waals surface area contributed by atoms with Crippen LogP contribution in [0.3, 0.4) is 0 Å². The van der Waals surface area contributed by atoms with E-state index in [1.807, 2.05) is 13.8 Å². The van der Waals surface area contributed by atoms with E-state index in [1.165, 1.54) is 5.56 Å². The molecule has 0 radical (unpaired) electrons. The molecule has 0 fully saturated rings. The van der Waals surface area contributed by atoms with E-state index in [0.717, 1.165) is 5.56 Å². The number of rotatable bonds is 4. The molecule has 0 amide bonds. The van der Waals surface area contributed by atoms with Gasteiger partial charge in [0.1, 0.15) is 0 Å². The molecule has 1 aromatic rings. The molecule has 2 nitrogen and oxygen atoms in total. The second kappa shape index (κ2) is 5.19. The summed E-state index contributed by atoms with van der Waals surface area (Å²) in [6.07, 6.45) is 0. The first-order valence-electron chi connectivity index (χ1n) is 6.25. The second-order valence-corrected chi connectivity index (χ2v) is 5.88. The molecule has 2 N–H and O–H groups in total. The van der Waals surface area contributed by atoms with Gasteiger partial charge in [-0.2, -0.15) is 0 Å². The number of hydrogen-bond donors (Lipinski definition) is 1. The Morgan fingerprint density at radius 2 is 1.47 bits per heavy atom. The molecule has 1 atom stereocenters. The van der Waals surface area contributed by atoms with Crippen molar-refractivity contribution in [3.05, 3.63) is 35.4 Å². The Morgan fingerprint density at radius 3 is 1.88 bits per heavy atom. The average molecular weight is 235 g/mol. The van der Waals surface area contributed by atoms with Crippen molar-refractivity contribution in [1.29, 1.82) is 0 Å². The van der Waals surface area contributed by atoms with E-state index < -0.39 is 5.54 Å². The van der Waals surface area contributed by atoms with E-state index in [9.17, 15) is 0 Å². The van der Waals surface area contributed by atoms with Gasteiger partial charge >= 0.3 is 0 Å². The zero-order valence-corrected chi connectivity index (χ0v) is 11.7. The summed E-state index contributed by atoms with van der Waals surface area (Å²) in [4.78, 5) is 0. The maximum Gasteiger partial charge on any atom is 0.0685 e. The fourth-order valence-electron chi connectivity index (χ4n) is 1.75. The van der Waals surface area contributed by atoms with E-state index in [0.29, 0.717) is 13.2 Å². The van der Waals surface area contributed by atoms with E-state index in [-0.39, 0.29) is 5.41 Å². The Labute approximate surface area is 105 Å². The van der Waals surface area contributed by atoms with Crippen LogP contribution in [0.4, 0.5) is 0 Å². The Kier molecular flexibility index (Phi) is 4.34. The quantitative estimate of drug-likeness (QED) is 0.870. The number of hydrogen-bond acceptors (Lipinski definition) is 2. The number of benzene rings is 1. The van der Waals surface area contributed by atoms with Gasteiger partial charge in [0, 0.05) is 6.61 Å². The van der Waals surface area contributed by atoms with Crippen LogP contribution in [-0.2, 0) is 15.7 Å². The van der Waals surface area contributed by atoms with Crippen LogP contribution < -0.4 is 5.73 Å². The summed E-state index contributed by atoms with van der Waals surface area (Å²) < 4.78 is 5.43. The molecular weight excluding hydrogens is 210 g/mol. The van der Waals surface area contributed by atoms with Gasteiger partial charge in [0.15, 0.2) is 0 Å². The number of ether oxygens (including phenoxy) is 1. The summed E-state index contributed by atoms with van der Waals surface area (Å²) >= 11 is 0. The van der Waals surface area contributed by atoms with E-state index in [1.54, 1.807) is 0 Å². The van der Waals surface area contributed by atoms with Crippen molar-refractivity contribution in [3.63, 3.8) is 0 Å². The maximum absolute atomic E-state index is 6.26. The molecule has 1 rings (SSSR count). The van der Waals surface area contributed by atoms with Gasteiger partial charge in [-0.3, -0.25) is 0 Å². The molecule has 0 heterocycles. The van der Waals surface area contributed by atoms with Crippen molar-refractivity contribution >= 4 is 0 Å². The van der Waals surface area contributed by atoms with Gasteiger partial charge in [-0.25, -0.2) is 0 Å². The van der Waals surface area contributed by atoms with Gasteiger partial charge in [-0.1, -0.05) is 45.0 Å². The smallest absolute Gasteiger partial charge is 0.0685 e. The van der Waals surface area contributed by atoms with Crippen molar-refractivity contribution in [2.24, 2.45) is 5.73 Å². The highest BCUT2D eigenvalue weighted by Gasteiger charge is 2.22. The lowest BCUT2D eigenvalue weighted by molar-refractivity contribution is 0.101. The van der Waals surface area contributed by atoms with Crippen molar-refractivity contribution < 1.29 is 4.74 Å². The SMILES string of the molecule is CCOCC(C)(N)c1ccc(C(C)(C)C)cc1. The summed E-state index contributed by atoms with van der Waals surface area (Å²) in [5.41, 5.74) is 8.48. The zero-order valence-electron chi connectivity index (χ0n) is 11.7. The largest absolute Gasteiger partial charge is 0.379 e. The molecule has 17 heavy (non-hydrogen) atoms. The van der Waals surface area contributed by atoms with Gasteiger partial charge in [-0.05, 0) is 30.4 Å². The van der Waals surface area contributed by atoms with Gasteiger partial charge in [0.05, 0.1) is 12.1 Å². The molecule has 2 heteroatoms. The monoisotopic (exact) mass is 235 g/mol. The van der Waals surface area contributed by atoms with Gasteiger partial charge in [-0.15, -0.1) is 0 Å². The Hall–Kier alpha value is -0.860. The van der Waals surface area contributed by atoms with Crippen LogP contribution in [0.25, 0.3) is 0 Å². The molecule has 1 unspecified atom stereocenters. The molecule has 0 saturated heterocycles.